The number of esters is 1. The van der Waals surface area contributed by atoms with Gasteiger partial charge in [-0.2, -0.15) is 0 Å². The maximum Gasteiger partial charge on any atom is 0.339 e. The van der Waals surface area contributed by atoms with Crippen molar-refractivity contribution in [3.05, 3.63) is 107 Å². The normalized spacial score (nSPS) is 12.0. The molecule has 4 heteroatoms. The molecule has 0 aromatic heterocycles. The van der Waals surface area contributed by atoms with Crippen molar-refractivity contribution in [2.75, 3.05) is 6.54 Å². The standard InChI is InChI=1S/C24H24ClNO2/c1-19(28-24(27)22-14-8-9-15-23(22)25)16-26(17-20-10-4-2-5-11-20)18-21-12-6-3-7-13-21/h2-15,19H,16-18H2,1H3/t19-/m0/s1. The third-order valence-electron chi connectivity index (χ3n) is 4.42. The molecule has 3 rings (SSSR count). The Kier molecular flexibility index (Phi) is 7.24. The topological polar surface area (TPSA) is 29.5 Å². The van der Waals surface area contributed by atoms with Crippen LogP contribution in [0.15, 0.2) is 84.9 Å². The number of ether oxygens (including phenoxy) is 1. The summed E-state index contributed by atoms with van der Waals surface area (Å²) in [5.41, 5.74) is 2.85. The predicted molar refractivity (Wildman–Crippen MR) is 113 cm³/mol. The van der Waals surface area contributed by atoms with E-state index in [1.807, 2.05) is 43.3 Å². The second-order valence-corrected chi connectivity index (χ2v) is 7.24. The molecule has 0 unspecified atom stereocenters. The Morgan fingerprint density at radius 2 is 1.36 bits per heavy atom. The molecule has 3 aromatic rings. The Morgan fingerprint density at radius 3 is 1.89 bits per heavy atom. The van der Waals surface area contributed by atoms with Crippen LogP contribution in [-0.2, 0) is 17.8 Å². The van der Waals surface area contributed by atoms with E-state index in [-0.39, 0.29) is 6.10 Å². The first-order valence-electron chi connectivity index (χ1n) is 9.37. The van der Waals surface area contributed by atoms with Crippen LogP contribution in [0.4, 0.5) is 0 Å². The zero-order valence-electron chi connectivity index (χ0n) is 15.9. The van der Waals surface area contributed by atoms with E-state index in [0.717, 1.165) is 13.1 Å². The van der Waals surface area contributed by atoms with Crippen molar-refractivity contribution in [1.82, 2.24) is 4.90 Å². The molecule has 144 valence electrons. The van der Waals surface area contributed by atoms with Gasteiger partial charge in [-0.15, -0.1) is 0 Å². The van der Waals surface area contributed by atoms with E-state index in [0.29, 0.717) is 17.1 Å². The molecule has 0 fully saturated rings. The molecule has 0 heterocycles. The van der Waals surface area contributed by atoms with Crippen molar-refractivity contribution >= 4 is 17.6 Å². The van der Waals surface area contributed by atoms with Crippen LogP contribution in [0, 0.1) is 0 Å². The summed E-state index contributed by atoms with van der Waals surface area (Å²) in [4.78, 5) is 14.7. The lowest BCUT2D eigenvalue weighted by Gasteiger charge is -2.26. The molecule has 0 aliphatic rings. The highest BCUT2D eigenvalue weighted by molar-refractivity contribution is 6.33. The SMILES string of the molecule is C[C@@H](CN(Cc1ccccc1)Cc1ccccc1)OC(=O)c1ccccc1Cl. The second-order valence-electron chi connectivity index (χ2n) is 6.84. The monoisotopic (exact) mass is 393 g/mol. The van der Waals surface area contributed by atoms with Crippen molar-refractivity contribution in [3.63, 3.8) is 0 Å². The van der Waals surface area contributed by atoms with Gasteiger partial charge < -0.3 is 4.74 Å². The van der Waals surface area contributed by atoms with Crippen LogP contribution in [0.2, 0.25) is 5.02 Å². The van der Waals surface area contributed by atoms with E-state index in [1.54, 1.807) is 24.3 Å². The molecule has 1 atom stereocenters. The average molecular weight is 394 g/mol. The quantitative estimate of drug-likeness (QED) is 0.467. The van der Waals surface area contributed by atoms with E-state index in [4.69, 9.17) is 16.3 Å². The number of carbonyl (C=O) groups is 1. The summed E-state index contributed by atoms with van der Waals surface area (Å²) < 4.78 is 5.66. The summed E-state index contributed by atoms with van der Waals surface area (Å²) in [6.45, 7) is 4.10. The van der Waals surface area contributed by atoms with Crippen LogP contribution in [-0.4, -0.2) is 23.5 Å². The van der Waals surface area contributed by atoms with Crippen molar-refractivity contribution in [2.45, 2.75) is 26.1 Å². The summed E-state index contributed by atoms with van der Waals surface area (Å²) in [6.07, 6.45) is -0.267. The average Bonchev–Trinajstić information content (AvgIpc) is 2.69. The van der Waals surface area contributed by atoms with Crippen LogP contribution < -0.4 is 0 Å². The number of rotatable bonds is 8. The number of benzene rings is 3. The molecule has 28 heavy (non-hydrogen) atoms. The first kappa shape index (κ1) is 20.1. The lowest BCUT2D eigenvalue weighted by molar-refractivity contribution is 0.0237. The van der Waals surface area contributed by atoms with Gasteiger partial charge >= 0.3 is 5.97 Å². The van der Waals surface area contributed by atoms with E-state index in [2.05, 4.69) is 29.2 Å². The van der Waals surface area contributed by atoms with Gasteiger partial charge in [0.15, 0.2) is 0 Å². The molecule has 0 radical (unpaired) electrons. The minimum Gasteiger partial charge on any atom is -0.458 e. The summed E-state index contributed by atoms with van der Waals surface area (Å²) in [6, 6.07) is 27.6. The molecule has 0 amide bonds. The maximum atomic E-state index is 12.4. The van der Waals surface area contributed by atoms with E-state index < -0.39 is 5.97 Å². The van der Waals surface area contributed by atoms with Crippen LogP contribution in [0.3, 0.4) is 0 Å². The molecule has 0 saturated carbocycles. The molecule has 3 aromatic carbocycles. The molecule has 3 nitrogen and oxygen atoms in total. The molecule has 0 aliphatic carbocycles. The van der Waals surface area contributed by atoms with E-state index in [9.17, 15) is 4.79 Å². The second kappa shape index (κ2) is 10.1. The third-order valence-corrected chi connectivity index (χ3v) is 4.74. The molecule has 0 spiro atoms. The fourth-order valence-electron chi connectivity index (χ4n) is 3.14. The molecular weight excluding hydrogens is 370 g/mol. The predicted octanol–water partition coefficient (Wildman–Crippen LogP) is 5.59. The van der Waals surface area contributed by atoms with Gasteiger partial charge in [-0.25, -0.2) is 4.79 Å². The van der Waals surface area contributed by atoms with Crippen LogP contribution in [0.5, 0.6) is 0 Å². The van der Waals surface area contributed by atoms with Crippen LogP contribution >= 0.6 is 11.6 Å². The number of hydrogen-bond acceptors (Lipinski definition) is 3. The zero-order valence-corrected chi connectivity index (χ0v) is 16.7. The maximum absolute atomic E-state index is 12.4. The van der Waals surface area contributed by atoms with E-state index >= 15 is 0 Å². The molecule has 0 aliphatic heterocycles. The van der Waals surface area contributed by atoms with Gasteiger partial charge in [0.2, 0.25) is 0 Å². The first-order valence-corrected chi connectivity index (χ1v) is 9.75. The summed E-state index contributed by atoms with van der Waals surface area (Å²) >= 11 is 6.11. The zero-order chi connectivity index (χ0) is 19.8. The fraction of sp³-hybridized carbons (Fsp3) is 0.208. The van der Waals surface area contributed by atoms with Crippen LogP contribution in [0.25, 0.3) is 0 Å². The van der Waals surface area contributed by atoms with E-state index in [1.165, 1.54) is 11.1 Å². The Morgan fingerprint density at radius 1 is 0.857 bits per heavy atom. The number of carbonyl (C=O) groups excluding carboxylic acids is 1. The number of halogens is 1. The summed E-state index contributed by atoms with van der Waals surface area (Å²) in [5.74, 6) is -0.391. The van der Waals surface area contributed by atoms with Gasteiger partial charge in [0.25, 0.3) is 0 Å². The van der Waals surface area contributed by atoms with Crippen molar-refractivity contribution in [1.29, 1.82) is 0 Å². The van der Waals surface area contributed by atoms with Gasteiger partial charge in [-0.05, 0) is 30.2 Å². The Hall–Kier alpha value is -2.62. The highest BCUT2D eigenvalue weighted by Crippen LogP contribution is 2.17. The number of hydrogen-bond donors (Lipinski definition) is 0. The van der Waals surface area contributed by atoms with Crippen LogP contribution in [0.1, 0.15) is 28.4 Å². The lowest BCUT2D eigenvalue weighted by atomic mass is 10.1. The van der Waals surface area contributed by atoms with Gasteiger partial charge in [-0.3, -0.25) is 4.90 Å². The molecule has 0 saturated heterocycles. The highest BCUT2D eigenvalue weighted by atomic mass is 35.5. The Bertz CT molecular complexity index is 842. The van der Waals surface area contributed by atoms with Crippen molar-refractivity contribution < 1.29 is 9.53 Å². The largest absolute Gasteiger partial charge is 0.458 e. The minimum atomic E-state index is -0.391. The third kappa shape index (κ3) is 5.95. The molecule has 0 N–H and O–H groups in total. The number of nitrogens with zero attached hydrogens (tertiary/aromatic N) is 1. The van der Waals surface area contributed by atoms with Crippen molar-refractivity contribution in [3.8, 4) is 0 Å². The molecule has 0 bridgehead atoms. The highest BCUT2D eigenvalue weighted by Gasteiger charge is 2.18. The molecular formula is C24H24ClNO2. The smallest absolute Gasteiger partial charge is 0.339 e. The Balaban J connectivity index is 1.67. The van der Waals surface area contributed by atoms with Gasteiger partial charge in [0.05, 0.1) is 10.6 Å². The summed E-state index contributed by atoms with van der Waals surface area (Å²) in [7, 11) is 0. The van der Waals surface area contributed by atoms with Gasteiger partial charge in [0, 0.05) is 19.6 Å². The van der Waals surface area contributed by atoms with Gasteiger partial charge in [-0.1, -0.05) is 84.4 Å². The summed E-state index contributed by atoms with van der Waals surface area (Å²) in [5, 5.41) is 0.408. The van der Waals surface area contributed by atoms with Gasteiger partial charge in [0.1, 0.15) is 6.10 Å². The fourth-order valence-corrected chi connectivity index (χ4v) is 3.35. The first-order chi connectivity index (χ1) is 13.6. The Labute approximate surface area is 171 Å². The lowest BCUT2D eigenvalue weighted by Crippen LogP contribution is -2.33. The van der Waals surface area contributed by atoms with Crippen molar-refractivity contribution in [2.24, 2.45) is 0 Å². The minimum absolute atomic E-state index is 0.267.